The van der Waals surface area contributed by atoms with Crippen molar-refractivity contribution in [2.45, 2.75) is 24.4 Å². The normalized spacial score (nSPS) is 17.9. The van der Waals surface area contributed by atoms with Gasteiger partial charge in [-0.15, -0.1) is 0 Å². The summed E-state index contributed by atoms with van der Waals surface area (Å²) < 4.78 is 37.6. The van der Waals surface area contributed by atoms with Crippen molar-refractivity contribution >= 4 is 17.6 Å². The maximum Gasteiger partial charge on any atom is 0.416 e. The lowest BCUT2D eigenvalue weighted by Gasteiger charge is -2.15. The Hall–Kier alpha value is -1.23. The average Bonchev–Trinajstić information content (AvgIpc) is 2.97. The Balaban J connectivity index is 2.51. The van der Waals surface area contributed by atoms with E-state index in [1.54, 1.807) is 0 Å². The molecule has 92 valence electrons. The van der Waals surface area contributed by atoms with Crippen molar-refractivity contribution in [2.24, 2.45) is 0 Å². The van der Waals surface area contributed by atoms with E-state index >= 15 is 0 Å². The predicted octanol–water partition coefficient (Wildman–Crippen LogP) is 3.48. The van der Waals surface area contributed by atoms with Crippen LogP contribution in [0, 0.1) is 0 Å². The molecular formula is C11H8ClF3O2. The molecule has 1 aliphatic rings. The van der Waals surface area contributed by atoms with Gasteiger partial charge in [0.1, 0.15) is 0 Å². The van der Waals surface area contributed by atoms with E-state index in [0.29, 0.717) is 12.8 Å². The van der Waals surface area contributed by atoms with E-state index in [2.05, 4.69) is 0 Å². The number of hydrogen-bond acceptors (Lipinski definition) is 1. The SMILES string of the molecule is O=C(O)C1(c2cc(C(F)(F)F)ccc2Cl)CC1. The van der Waals surface area contributed by atoms with Gasteiger partial charge in [-0.2, -0.15) is 13.2 Å². The van der Waals surface area contributed by atoms with Gasteiger partial charge in [-0.1, -0.05) is 11.6 Å². The molecule has 1 fully saturated rings. The lowest BCUT2D eigenvalue weighted by Crippen LogP contribution is -2.21. The summed E-state index contributed by atoms with van der Waals surface area (Å²) in [6, 6.07) is 2.79. The first-order valence-corrected chi connectivity index (χ1v) is 5.26. The Kier molecular flexibility index (Phi) is 2.61. The minimum Gasteiger partial charge on any atom is -0.481 e. The molecule has 0 spiro atoms. The number of aliphatic carboxylic acids is 1. The first-order valence-electron chi connectivity index (χ1n) is 4.88. The Morgan fingerprint density at radius 3 is 2.35 bits per heavy atom. The monoisotopic (exact) mass is 264 g/mol. The average molecular weight is 265 g/mol. The summed E-state index contributed by atoms with van der Waals surface area (Å²) in [5.74, 6) is -1.13. The Morgan fingerprint density at radius 1 is 1.35 bits per heavy atom. The van der Waals surface area contributed by atoms with Crippen LogP contribution in [0.5, 0.6) is 0 Å². The summed E-state index contributed by atoms with van der Waals surface area (Å²) in [4.78, 5) is 11.1. The van der Waals surface area contributed by atoms with Crippen molar-refractivity contribution in [3.05, 3.63) is 34.3 Å². The highest BCUT2D eigenvalue weighted by Crippen LogP contribution is 2.51. The summed E-state index contributed by atoms with van der Waals surface area (Å²) in [5.41, 5.74) is -2.04. The fraction of sp³-hybridized carbons (Fsp3) is 0.364. The van der Waals surface area contributed by atoms with E-state index in [1.807, 2.05) is 0 Å². The van der Waals surface area contributed by atoms with Gasteiger partial charge in [0.2, 0.25) is 0 Å². The zero-order valence-electron chi connectivity index (χ0n) is 8.51. The fourth-order valence-electron chi connectivity index (χ4n) is 1.79. The molecule has 0 amide bonds. The Bertz CT molecular complexity index is 478. The summed E-state index contributed by atoms with van der Waals surface area (Å²) in [5, 5.41) is 9.10. The minimum atomic E-state index is -4.49. The van der Waals surface area contributed by atoms with E-state index in [9.17, 15) is 18.0 Å². The zero-order valence-corrected chi connectivity index (χ0v) is 9.27. The van der Waals surface area contributed by atoms with Gasteiger partial charge in [-0.05, 0) is 36.6 Å². The number of carbonyl (C=O) groups is 1. The zero-order chi connectivity index (χ0) is 12.8. The van der Waals surface area contributed by atoms with Crippen LogP contribution in [0.3, 0.4) is 0 Å². The molecule has 2 nitrogen and oxygen atoms in total. The molecule has 1 N–H and O–H groups in total. The molecule has 0 saturated heterocycles. The van der Waals surface area contributed by atoms with Gasteiger partial charge in [0, 0.05) is 5.02 Å². The third-order valence-corrected chi connectivity index (χ3v) is 3.30. The van der Waals surface area contributed by atoms with E-state index in [4.69, 9.17) is 16.7 Å². The number of benzene rings is 1. The number of carboxylic acids is 1. The highest BCUT2D eigenvalue weighted by atomic mass is 35.5. The van der Waals surface area contributed by atoms with Crippen LogP contribution >= 0.6 is 11.6 Å². The molecule has 0 aliphatic heterocycles. The van der Waals surface area contributed by atoms with Crippen LogP contribution in [0.4, 0.5) is 13.2 Å². The fourth-order valence-corrected chi connectivity index (χ4v) is 2.09. The first kappa shape index (κ1) is 12.2. The molecule has 0 atom stereocenters. The third-order valence-electron chi connectivity index (χ3n) is 2.97. The van der Waals surface area contributed by atoms with Crippen LogP contribution in [-0.4, -0.2) is 11.1 Å². The lowest BCUT2D eigenvalue weighted by molar-refractivity contribution is -0.141. The number of alkyl halides is 3. The van der Waals surface area contributed by atoms with Crippen molar-refractivity contribution in [3.8, 4) is 0 Å². The van der Waals surface area contributed by atoms with Crippen molar-refractivity contribution < 1.29 is 23.1 Å². The Morgan fingerprint density at radius 2 is 1.94 bits per heavy atom. The molecule has 0 aromatic heterocycles. The van der Waals surface area contributed by atoms with Crippen molar-refractivity contribution in [1.29, 1.82) is 0 Å². The van der Waals surface area contributed by atoms with Crippen molar-refractivity contribution in [1.82, 2.24) is 0 Å². The second kappa shape index (κ2) is 3.63. The van der Waals surface area contributed by atoms with E-state index in [-0.39, 0.29) is 10.6 Å². The van der Waals surface area contributed by atoms with Gasteiger partial charge >= 0.3 is 12.1 Å². The maximum absolute atomic E-state index is 12.5. The molecule has 1 saturated carbocycles. The molecule has 17 heavy (non-hydrogen) atoms. The van der Waals surface area contributed by atoms with Crippen LogP contribution in [0.1, 0.15) is 24.0 Å². The van der Waals surface area contributed by atoms with Crippen LogP contribution in [0.15, 0.2) is 18.2 Å². The van der Waals surface area contributed by atoms with Gasteiger partial charge in [-0.25, -0.2) is 0 Å². The van der Waals surface area contributed by atoms with Gasteiger partial charge in [0.15, 0.2) is 0 Å². The maximum atomic E-state index is 12.5. The van der Waals surface area contributed by atoms with E-state index in [0.717, 1.165) is 18.2 Å². The number of halogens is 4. The number of rotatable bonds is 2. The van der Waals surface area contributed by atoms with Crippen LogP contribution in [0.25, 0.3) is 0 Å². The highest BCUT2D eigenvalue weighted by Gasteiger charge is 2.53. The predicted molar refractivity (Wildman–Crippen MR) is 55.0 cm³/mol. The molecule has 0 radical (unpaired) electrons. The summed E-state index contributed by atoms with van der Waals surface area (Å²) in [6.07, 6.45) is -3.85. The molecule has 0 bridgehead atoms. The van der Waals surface area contributed by atoms with Gasteiger partial charge in [0.05, 0.1) is 11.0 Å². The second-order valence-corrected chi connectivity index (χ2v) is 4.49. The molecule has 2 rings (SSSR count). The number of carboxylic acid groups (broad SMARTS) is 1. The molecule has 1 aromatic rings. The summed E-state index contributed by atoms with van der Waals surface area (Å²) in [7, 11) is 0. The van der Waals surface area contributed by atoms with E-state index in [1.165, 1.54) is 0 Å². The minimum absolute atomic E-state index is 0.0569. The standard InChI is InChI=1S/C11H8ClF3O2/c12-8-2-1-6(11(13,14)15)5-7(8)10(3-4-10)9(16)17/h1-2,5H,3-4H2,(H,16,17). The molecule has 6 heteroatoms. The van der Waals surface area contributed by atoms with Crippen LogP contribution < -0.4 is 0 Å². The smallest absolute Gasteiger partial charge is 0.416 e. The summed E-state index contributed by atoms with van der Waals surface area (Å²) >= 11 is 5.78. The number of hydrogen-bond donors (Lipinski definition) is 1. The van der Waals surface area contributed by atoms with Crippen molar-refractivity contribution in [3.63, 3.8) is 0 Å². The van der Waals surface area contributed by atoms with E-state index < -0.39 is 23.1 Å². The van der Waals surface area contributed by atoms with Crippen molar-refractivity contribution in [2.75, 3.05) is 0 Å². The second-order valence-electron chi connectivity index (χ2n) is 4.08. The summed E-state index contributed by atoms with van der Waals surface area (Å²) in [6.45, 7) is 0. The van der Waals surface area contributed by atoms with Gasteiger partial charge in [0.25, 0.3) is 0 Å². The lowest BCUT2D eigenvalue weighted by atomic mass is 9.94. The van der Waals surface area contributed by atoms with Crippen LogP contribution in [-0.2, 0) is 16.4 Å². The topological polar surface area (TPSA) is 37.3 Å². The van der Waals surface area contributed by atoms with Gasteiger partial charge < -0.3 is 5.11 Å². The highest BCUT2D eigenvalue weighted by molar-refractivity contribution is 6.31. The molecule has 0 unspecified atom stereocenters. The quantitative estimate of drug-likeness (QED) is 0.888. The largest absolute Gasteiger partial charge is 0.481 e. The molecule has 0 heterocycles. The first-order chi connectivity index (χ1) is 7.77. The third kappa shape index (κ3) is 1.99. The Labute approximate surface area is 100 Å². The molecular weight excluding hydrogens is 257 g/mol. The van der Waals surface area contributed by atoms with Crippen LogP contribution in [0.2, 0.25) is 5.02 Å². The molecule has 1 aliphatic carbocycles. The van der Waals surface area contributed by atoms with Gasteiger partial charge in [-0.3, -0.25) is 4.79 Å². The molecule has 1 aromatic carbocycles.